The molecular weight excluding hydrogens is 586 g/mol. The molecule has 0 spiro atoms. The van der Waals surface area contributed by atoms with E-state index in [1.54, 1.807) is 0 Å². The van der Waals surface area contributed by atoms with Crippen molar-refractivity contribution >= 4 is 40.9 Å². The molecule has 0 N–H and O–H groups in total. The molecule has 44 heavy (non-hydrogen) atoms. The number of hydrogen-bond donors (Lipinski definition) is 0. The Balaban J connectivity index is 3.14. The van der Waals surface area contributed by atoms with E-state index in [0.717, 1.165) is 0 Å². The van der Waals surface area contributed by atoms with Crippen LogP contribution in [0.1, 0.15) is 158 Å². The minimum atomic E-state index is -1.90. The molecule has 0 aliphatic carbocycles. The predicted octanol–water partition coefficient (Wildman–Crippen LogP) is 12.0. The molecule has 0 aromatic heterocycles. The van der Waals surface area contributed by atoms with Gasteiger partial charge in [-0.05, 0) is 108 Å². The van der Waals surface area contributed by atoms with Crippen LogP contribution in [0, 0.1) is 0 Å². The first-order valence-electron chi connectivity index (χ1n) is 16.7. The maximum Gasteiger partial charge on any atom is 0.192 e. The maximum absolute atomic E-state index is 7.17. The van der Waals surface area contributed by atoms with Crippen LogP contribution in [0.4, 0.5) is 0 Å². The Morgan fingerprint density at radius 2 is 0.795 bits per heavy atom. The summed E-state index contributed by atoms with van der Waals surface area (Å²) in [5.74, 6) is 0. The summed E-state index contributed by atoms with van der Waals surface area (Å²) in [6.07, 6.45) is 0. The molecule has 0 heterocycles. The van der Waals surface area contributed by atoms with Gasteiger partial charge in [-0.3, -0.25) is 0 Å². The molecule has 2 rings (SSSR count). The van der Waals surface area contributed by atoms with Crippen molar-refractivity contribution in [2.75, 3.05) is 0 Å². The average molecular weight is 655 g/mol. The molecule has 0 saturated carbocycles. The Labute approximate surface area is 278 Å². The van der Waals surface area contributed by atoms with Crippen LogP contribution >= 0.6 is 16.8 Å². The molecule has 2 aromatic carbocycles. The molecule has 0 saturated heterocycles. The molecule has 1 unspecified atom stereocenters. The zero-order chi connectivity index (χ0) is 34.6. The van der Waals surface area contributed by atoms with Crippen molar-refractivity contribution in [1.82, 2.24) is 0 Å². The van der Waals surface area contributed by atoms with E-state index in [0.29, 0.717) is 8.58 Å². The molecule has 4 heteroatoms. The SMILES string of the molecule is CC(C)(C)c1cc(C(C)(C)C)c(P=C(O[Si](C)(C)C)Pc2c(C(C)(C)C)cc(C(C)(C)C)cc2C(C)(C)C)c(C(C)(C)C)c1. The Hall–Kier alpha value is -0.783. The molecule has 248 valence electrons. The van der Waals surface area contributed by atoms with Gasteiger partial charge in [0.1, 0.15) is 0 Å². The van der Waals surface area contributed by atoms with E-state index in [9.17, 15) is 0 Å². The van der Waals surface area contributed by atoms with Crippen molar-refractivity contribution in [3.8, 4) is 0 Å². The summed E-state index contributed by atoms with van der Waals surface area (Å²) in [5, 5.41) is 4.16. The molecule has 0 fully saturated rings. The third-order valence-corrected chi connectivity index (χ3v) is 12.0. The second-order valence-corrected chi connectivity index (χ2v) is 27.3. The van der Waals surface area contributed by atoms with E-state index < -0.39 is 8.32 Å². The van der Waals surface area contributed by atoms with Gasteiger partial charge in [0.25, 0.3) is 0 Å². The number of benzene rings is 2. The van der Waals surface area contributed by atoms with Gasteiger partial charge in [0, 0.05) is 5.30 Å². The van der Waals surface area contributed by atoms with Crippen LogP contribution in [0.15, 0.2) is 24.3 Å². The molecule has 2 aromatic rings. The van der Waals surface area contributed by atoms with Gasteiger partial charge in [0.05, 0.1) is 5.22 Å². The number of hydrogen-bond acceptors (Lipinski definition) is 1. The summed E-state index contributed by atoms with van der Waals surface area (Å²) < 4.78 is 7.17. The highest BCUT2D eigenvalue weighted by atomic mass is 31.1. The first kappa shape index (κ1) is 39.4. The van der Waals surface area contributed by atoms with Gasteiger partial charge < -0.3 is 4.43 Å². The second kappa shape index (κ2) is 12.7. The topological polar surface area (TPSA) is 9.23 Å². The summed E-state index contributed by atoms with van der Waals surface area (Å²) in [4.78, 5) is 0. The van der Waals surface area contributed by atoms with E-state index in [1.807, 2.05) is 0 Å². The standard InChI is InChI=1S/C40H68OP2Si/c1-35(2,3)26-22-28(37(7,8)9)32(29(23-26)38(10,11)12)42-34(41-44(19,20)21)43-33-30(39(13,14)15)24-27(36(4,5)6)25-31(33)40(16,17)18/h22-25,42H,1-21H3. The Bertz CT molecular complexity index is 1290. The summed E-state index contributed by atoms with van der Waals surface area (Å²) in [6, 6.07) is 10.0. The summed E-state index contributed by atoms with van der Waals surface area (Å²) >= 11 is 0. The smallest absolute Gasteiger partial charge is 0.192 e. The van der Waals surface area contributed by atoms with Gasteiger partial charge in [0.15, 0.2) is 8.32 Å². The minimum Gasteiger partial charge on any atom is -0.382 e. The number of rotatable bonds is 5. The van der Waals surface area contributed by atoms with E-state index in [1.165, 1.54) is 57.4 Å². The Morgan fingerprint density at radius 3 is 1.05 bits per heavy atom. The van der Waals surface area contributed by atoms with Crippen molar-refractivity contribution in [2.24, 2.45) is 0 Å². The maximum atomic E-state index is 7.17. The average Bonchev–Trinajstić information content (AvgIpc) is 2.73. The fourth-order valence-electron chi connectivity index (χ4n) is 5.30. The van der Waals surface area contributed by atoms with Crippen LogP contribution in [0.2, 0.25) is 19.6 Å². The van der Waals surface area contributed by atoms with E-state index >= 15 is 0 Å². The van der Waals surface area contributed by atoms with Crippen LogP contribution in [0.3, 0.4) is 0 Å². The zero-order valence-electron chi connectivity index (χ0n) is 32.7. The van der Waals surface area contributed by atoms with Gasteiger partial charge >= 0.3 is 0 Å². The third kappa shape index (κ3) is 10.4. The molecule has 1 nitrogen and oxygen atoms in total. The first-order valence-corrected chi connectivity index (χ1v) is 22.0. The monoisotopic (exact) mass is 654 g/mol. The normalized spacial score (nSPS) is 15.1. The fraction of sp³-hybridized carbons (Fsp3) is 0.675. The largest absolute Gasteiger partial charge is 0.382 e. The van der Waals surface area contributed by atoms with Crippen molar-refractivity contribution < 1.29 is 4.43 Å². The van der Waals surface area contributed by atoms with Crippen LogP contribution in [0.25, 0.3) is 0 Å². The molecule has 0 aliphatic heterocycles. The van der Waals surface area contributed by atoms with E-state index in [4.69, 9.17) is 4.43 Å². The second-order valence-electron chi connectivity index (χ2n) is 20.1. The highest BCUT2D eigenvalue weighted by Crippen LogP contribution is 2.41. The molecule has 0 aliphatic rings. The highest BCUT2D eigenvalue weighted by Gasteiger charge is 2.33. The van der Waals surface area contributed by atoms with Gasteiger partial charge in [-0.15, -0.1) is 0 Å². The summed E-state index contributed by atoms with van der Waals surface area (Å²) in [7, 11) is -0.201. The van der Waals surface area contributed by atoms with Crippen LogP contribution in [-0.4, -0.2) is 13.5 Å². The van der Waals surface area contributed by atoms with Crippen molar-refractivity contribution in [1.29, 1.82) is 0 Å². The molecule has 0 radical (unpaired) electrons. The predicted molar refractivity (Wildman–Crippen MR) is 209 cm³/mol. The van der Waals surface area contributed by atoms with Crippen molar-refractivity contribution in [3.05, 3.63) is 57.6 Å². The third-order valence-electron chi connectivity index (χ3n) is 8.06. The molecular formula is C40H68OP2Si. The fourth-order valence-corrected chi connectivity index (χ4v) is 11.5. The Kier molecular flexibility index (Phi) is 11.4. The van der Waals surface area contributed by atoms with Gasteiger partial charge in [0.2, 0.25) is 0 Å². The molecule has 1 atom stereocenters. The van der Waals surface area contributed by atoms with Gasteiger partial charge in [-0.2, -0.15) is 0 Å². The molecule has 0 bridgehead atoms. The van der Waals surface area contributed by atoms with E-state index in [-0.39, 0.29) is 32.5 Å². The Morgan fingerprint density at radius 1 is 0.500 bits per heavy atom. The summed E-state index contributed by atoms with van der Waals surface area (Å²) in [6.45, 7) is 49.6. The van der Waals surface area contributed by atoms with Gasteiger partial charge in [-0.25, -0.2) is 0 Å². The first-order chi connectivity index (χ1) is 19.2. The van der Waals surface area contributed by atoms with E-state index in [2.05, 4.69) is 169 Å². The quantitative estimate of drug-likeness (QED) is 0.230. The summed E-state index contributed by atoms with van der Waals surface area (Å²) in [5.41, 5.74) is 8.91. The lowest BCUT2D eigenvalue weighted by Gasteiger charge is -2.35. The van der Waals surface area contributed by atoms with Crippen molar-refractivity contribution in [2.45, 2.75) is 177 Å². The minimum absolute atomic E-state index is 0.0124. The zero-order valence-corrected chi connectivity index (χ0v) is 35.6. The molecule has 0 amide bonds. The lowest BCUT2D eigenvalue weighted by atomic mass is 9.75. The lowest BCUT2D eigenvalue weighted by molar-refractivity contribution is 0.553. The highest BCUT2D eigenvalue weighted by molar-refractivity contribution is 7.79. The van der Waals surface area contributed by atoms with Crippen molar-refractivity contribution in [3.63, 3.8) is 0 Å². The lowest BCUT2D eigenvalue weighted by Crippen LogP contribution is -2.33. The van der Waals surface area contributed by atoms with Gasteiger partial charge in [-0.1, -0.05) is 149 Å². The van der Waals surface area contributed by atoms with Crippen LogP contribution in [-0.2, 0) is 36.9 Å². The van der Waals surface area contributed by atoms with Crippen LogP contribution in [0.5, 0.6) is 0 Å². The van der Waals surface area contributed by atoms with Crippen LogP contribution < -0.4 is 10.6 Å².